The molecule has 0 aromatic heterocycles. The zero-order valence-corrected chi connectivity index (χ0v) is 4.74. The Hall–Kier alpha value is -0.600. The third kappa shape index (κ3) is 1.91. The van der Waals surface area contributed by atoms with Gasteiger partial charge in [0.25, 0.3) is 5.92 Å². The normalized spacial score (nSPS) is 14.2. The zero-order valence-electron chi connectivity index (χ0n) is 4.74. The molecule has 0 atom stereocenters. The maximum absolute atomic E-state index is 11.7. The second-order valence-corrected chi connectivity index (χ2v) is 1.54. The highest BCUT2D eigenvalue weighted by Crippen LogP contribution is 2.17. The number of hydrogen-bond donors (Lipinski definition) is 0. The van der Waals surface area contributed by atoms with Gasteiger partial charge in [0.1, 0.15) is 0 Å². The maximum atomic E-state index is 11.7. The molecule has 0 unspecified atom stereocenters. The van der Waals surface area contributed by atoms with E-state index in [-0.39, 0.29) is 0 Å². The quantitative estimate of drug-likeness (QED) is 0.473. The Morgan fingerprint density at radius 3 is 2.00 bits per heavy atom. The molecule has 0 N–H and O–H groups in total. The Morgan fingerprint density at radius 2 is 2.00 bits per heavy atom. The lowest BCUT2D eigenvalue weighted by molar-refractivity contribution is -0.338. The van der Waals surface area contributed by atoms with Crippen LogP contribution < -0.4 is 5.11 Å². The molecule has 0 aliphatic heterocycles. The number of rotatable bonds is 1. The Balaban J connectivity index is 4.03. The van der Waals surface area contributed by atoms with Gasteiger partial charge in [-0.15, -0.1) is 0 Å². The molecule has 48 valence electrons. The fourth-order valence-corrected chi connectivity index (χ4v) is 0.253. The van der Waals surface area contributed by atoms with E-state index in [9.17, 15) is 13.9 Å². The van der Waals surface area contributed by atoms with E-state index >= 15 is 0 Å². The third-order valence-corrected chi connectivity index (χ3v) is 0.695. The van der Waals surface area contributed by atoms with Crippen LogP contribution in [0.1, 0.15) is 13.8 Å². The van der Waals surface area contributed by atoms with E-state index < -0.39 is 11.7 Å². The minimum Gasteiger partial charge on any atom is -0.872 e. The second kappa shape index (κ2) is 2.11. The van der Waals surface area contributed by atoms with E-state index in [0.717, 1.165) is 6.08 Å². The predicted octanol–water partition coefficient (Wildman–Crippen LogP) is 0.906. The highest BCUT2D eigenvalue weighted by Gasteiger charge is 2.17. The number of allylic oxidation sites excluding steroid dienone is 2. The molecular formula is C5H7F2O-. The third-order valence-electron chi connectivity index (χ3n) is 0.695. The number of halogens is 2. The lowest BCUT2D eigenvalue weighted by Crippen LogP contribution is -2.23. The van der Waals surface area contributed by atoms with E-state index in [2.05, 4.69) is 0 Å². The molecule has 0 fully saturated rings. The van der Waals surface area contributed by atoms with Gasteiger partial charge in [0.2, 0.25) is 0 Å². The van der Waals surface area contributed by atoms with E-state index in [1.165, 1.54) is 6.92 Å². The summed E-state index contributed by atoms with van der Waals surface area (Å²) >= 11 is 0. The molecule has 0 saturated carbocycles. The van der Waals surface area contributed by atoms with Gasteiger partial charge >= 0.3 is 0 Å². The van der Waals surface area contributed by atoms with Crippen LogP contribution in [0.25, 0.3) is 0 Å². The van der Waals surface area contributed by atoms with Crippen molar-refractivity contribution < 1.29 is 13.9 Å². The van der Waals surface area contributed by atoms with Crippen LogP contribution in [-0.2, 0) is 0 Å². The smallest absolute Gasteiger partial charge is 0.256 e. The predicted molar refractivity (Wildman–Crippen MR) is 24.4 cm³/mol. The van der Waals surface area contributed by atoms with Crippen molar-refractivity contribution in [1.29, 1.82) is 0 Å². The highest BCUT2D eigenvalue weighted by atomic mass is 19.3. The summed E-state index contributed by atoms with van der Waals surface area (Å²) in [5, 5.41) is 10.0. The first-order valence-electron chi connectivity index (χ1n) is 2.20. The van der Waals surface area contributed by atoms with Crippen molar-refractivity contribution in [2.75, 3.05) is 0 Å². The van der Waals surface area contributed by atoms with Crippen LogP contribution in [0.4, 0.5) is 8.78 Å². The van der Waals surface area contributed by atoms with Crippen molar-refractivity contribution in [1.82, 2.24) is 0 Å². The minimum absolute atomic E-state index is 0.579. The molecule has 0 amide bonds. The molecule has 0 bridgehead atoms. The molecule has 0 aliphatic rings. The number of hydrogen-bond acceptors (Lipinski definition) is 1. The van der Waals surface area contributed by atoms with Crippen molar-refractivity contribution in [2.45, 2.75) is 19.8 Å². The number of alkyl halides is 2. The van der Waals surface area contributed by atoms with Crippen LogP contribution in [0, 0.1) is 0 Å². The van der Waals surface area contributed by atoms with E-state index in [0.29, 0.717) is 6.92 Å². The van der Waals surface area contributed by atoms with Crippen molar-refractivity contribution in [2.24, 2.45) is 0 Å². The summed E-state index contributed by atoms with van der Waals surface area (Å²) < 4.78 is 23.5. The van der Waals surface area contributed by atoms with Crippen LogP contribution in [0.15, 0.2) is 11.8 Å². The first kappa shape index (κ1) is 7.40. The van der Waals surface area contributed by atoms with Crippen molar-refractivity contribution in [3.63, 3.8) is 0 Å². The van der Waals surface area contributed by atoms with Crippen LogP contribution in [0.2, 0.25) is 0 Å². The van der Waals surface area contributed by atoms with Gasteiger partial charge < -0.3 is 5.11 Å². The summed E-state index contributed by atoms with van der Waals surface area (Å²) in [5.41, 5.74) is 0. The zero-order chi connectivity index (χ0) is 6.78. The summed E-state index contributed by atoms with van der Waals surface area (Å²) in [5.74, 6) is -4.31. The first-order chi connectivity index (χ1) is 3.48. The summed E-state index contributed by atoms with van der Waals surface area (Å²) in [4.78, 5) is 0. The average molecular weight is 121 g/mol. The molecule has 3 heteroatoms. The molecule has 0 spiro atoms. The molecule has 0 aromatic rings. The minimum atomic E-state index is -3.19. The molecule has 0 aliphatic carbocycles. The van der Waals surface area contributed by atoms with Gasteiger partial charge in [-0.2, -0.15) is 0 Å². The molecular weight excluding hydrogens is 114 g/mol. The Labute approximate surface area is 46.6 Å². The van der Waals surface area contributed by atoms with Gasteiger partial charge in [-0.25, -0.2) is 8.78 Å². The molecule has 0 rings (SSSR count). The van der Waals surface area contributed by atoms with Gasteiger partial charge in [0.15, 0.2) is 0 Å². The molecule has 0 heterocycles. The SMILES string of the molecule is C/C=C(\[O-])C(C)(F)F. The second-order valence-electron chi connectivity index (χ2n) is 1.54. The Bertz CT molecular complexity index is 101. The Morgan fingerprint density at radius 1 is 1.62 bits per heavy atom. The van der Waals surface area contributed by atoms with Gasteiger partial charge in [-0.3, -0.25) is 0 Å². The average Bonchev–Trinajstić information content (AvgIpc) is 1.62. The van der Waals surface area contributed by atoms with Gasteiger partial charge in [0.05, 0.1) is 0 Å². The molecule has 0 aromatic carbocycles. The first-order valence-corrected chi connectivity index (χ1v) is 2.20. The molecule has 0 radical (unpaired) electrons. The van der Waals surface area contributed by atoms with E-state index in [1.54, 1.807) is 0 Å². The van der Waals surface area contributed by atoms with Crippen molar-refractivity contribution >= 4 is 0 Å². The highest BCUT2D eigenvalue weighted by molar-refractivity contribution is 4.96. The summed E-state index contributed by atoms with van der Waals surface area (Å²) in [6, 6.07) is 0. The molecule has 8 heavy (non-hydrogen) atoms. The lowest BCUT2D eigenvalue weighted by Gasteiger charge is -2.18. The van der Waals surface area contributed by atoms with Gasteiger partial charge in [-0.05, 0) is 6.92 Å². The van der Waals surface area contributed by atoms with E-state index in [1.807, 2.05) is 0 Å². The monoisotopic (exact) mass is 121 g/mol. The standard InChI is InChI=1S/C5H8F2O/c1-3-4(8)5(2,6)7/h3,8H,1-2H3/p-1/b4-3-. The van der Waals surface area contributed by atoms with Crippen LogP contribution in [0.5, 0.6) is 0 Å². The Kier molecular flexibility index (Phi) is 1.95. The van der Waals surface area contributed by atoms with E-state index in [4.69, 9.17) is 0 Å². The summed E-state index contributed by atoms with van der Waals surface area (Å²) in [7, 11) is 0. The largest absolute Gasteiger partial charge is 0.872 e. The fourth-order valence-electron chi connectivity index (χ4n) is 0.253. The fraction of sp³-hybridized carbons (Fsp3) is 0.600. The van der Waals surface area contributed by atoms with Crippen molar-refractivity contribution in [3.8, 4) is 0 Å². The van der Waals surface area contributed by atoms with Gasteiger partial charge in [0, 0.05) is 6.92 Å². The molecule has 0 saturated heterocycles. The maximum Gasteiger partial charge on any atom is 0.256 e. The van der Waals surface area contributed by atoms with Crippen molar-refractivity contribution in [3.05, 3.63) is 11.8 Å². The van der Waals surface area contributed by atoms with Gasteiger partial charge in [-0.1, -0.05) is 11.8 Å². The van der Waals surface area contributed by atoms with Crippen LogP contribution in [-0.4, -0.2) is 5.92 Å². The summed E-state index contributed by atoms with van der Waals surface area (Å²) in [6.07, 6.45) is 0.861. The molecule has 1 nitrogen and oxygen atoms in total. The topological polar surface area (TPSA) is 23.1 Å². The summed E-state index contributed by atoms with van der Waals surface area (Å²) in [6.45, 7) is 1.87. The lowest BCUT2D eigenvalue weighted by atomic mass is 10.3. The van der Waals surface area contributed by atoms with Crippen LogP contribution >= 0.6 is 0 Å². The van der Waals surface area contributed by atoms with Crippen LogP contribution in [0.3, 0.4) is 0 Å².